The number of fused-ring (bicyclic) bond motifs is 1. The first kappa shape index (κ1) is 25.5. The van der Waals surface area contributed by atoms with Crippen LogP contribution in [0.25, 0.3) is 11.4 Å². The topological polar surface area (TPSA) is 144 Å². The molecule has 3 fully saturated rings. The lowest BCUT2D eigenvalue weighted by atomic mass is 9.92. The number of aryl methyl sites for hydroxylation is 2. The second-order valence-electron chi connectivity index (χ2n) is 10.5. The van der Waals surface area contributed by atoms with Crippen LogP contribution >= 0.6 is 0 Å². The number of hydrogen-bond donors (Lipinski definition) is 1. The number of aliphatic carboxylic acids is 1. The van der Waals surface area contributed by atoms with Crippen LogP contribution < -0.4 is 14.2 Å². The summed E-state index contributed by atoms with van der Waals surface area (Å²) >= 11 is 0. The fourth-order valence-corrected chi connectivity index (χ4v) is 6.03. The summed E-state index contributed by atoms with van der Waals surface area (Å²) in [5.74, 6) is 0.853. The molecule has 0 bridgehead atoms. The molecule has 1 saturated heterocycles. The van der Waals surface area contributed by atoms with Gasteiger partial charge >= 0.3 is 12.0 Å². The Morgan fingerprint density at radius 1 is 1.13 bits per heavy atom. The smallest absolute Gasteiger partial charge is 0.320 e. The molecule has 0 radical (unpaired) electrons. The lowest BCUT2D eigenvalue weighted by Crippen LogP contribution is -2.21. The van der Waals surface area contributed by atoms with Crippen molar-refractivity contribution in [1.82, 2.24) is 29.9 Å². The third-order valence-electron chi connectivity index (χ3n) is 8.03. The van der Waals surface area contributed by atoms with Gasteiger partial charge in [-0.15, -0.1) is 5.10 Å². The first-order valence-electron chi connectivity index (χ1n) is 13.4. The van der Waals surface area contributed by atoms with Gasteiger partial charge in [0.2, 0.25) is 5.88 Å². The van der Waals surface area contributed by atoms with E-state index in [1.165, 1.54) is 0 Å². The summed E-state index contributed by atoms with van der Waals surface area (Å²) in [7, 11) is 1.79. The van der Waals surface area contributed by atoms with Crippen molar-refractivity contribution in [3.05, 3.63) is 35.8 Å². The minimum atomic E-state index is -0.680. The molecule has 39 heavy (non-hydrogen) atoms. The quantitative estimate of drug-likeness (QED) is 0.431. The molecule has 1 N–H and O–H groups in total. The normalized spacial score (nSPS) is 25.9. The van der Waals surface area contributed by atoms with Gasteiger partial charge in [-0.3, -0.25) is 4.79 Å². The molecule has 2 saturated carbocycles. The van der Waals surface area contributed by atoms with Gasteiger partial charge < -0.3 is 24.1 Å². The Balaban J connectivity index is 1.11. The number of nitrogens with zero attached hydrogens (tertiary/aromatic N) is 6. The highest BCUT2D eigenvalue weighted by Crippen LogP contribution is 2.48. The van der Waals surface area contributed by atoms with Gasteiger partial charge in [-0.2, -0.15) is 4.98 Å². The molecule has 1 aliphatic heterocycles. The molecule has 3 aliphatic rings. The van der Waals surface area contributed by atoms with Crippen molar-refractivity contribution in [2.45, 2.75) is 57.8 Å². The first-order chi connectivity index (χ1) is 18.9. The molecular weight excluding hydrogens is 504 g/mol. The van der Waals surface area contributed by atoms with Crippen molar-refractivity contribution in [3.8, 4) is 29.0 Å². The average molecular weight is 537 g/mol. The largest absolute Gasteiger partial charge is 0.489 e. The molecule has 4 heterocycles. The molecule has 2 aliphatic carbocycles. The highest BCUT2D eigenvalue weighted by Gasteiger charge is 2.47. The summed E-state index contributed by atoms with van der Waals surface area (Å²) < 4.78 is 25.0. The van der Waals surface area contributed by atoms with Crippen LogP contribution in [-0.4, -0.2) is 66.4 Å². The molecule has 3 aromatic heterocycles. The molecule has 12 heteroatoms. The molecule has 0 spiro atoms. The molecule has 206 valence electrons. The minimum absolute atomic E-state index is 0.00918. The van der Waals surface area contributed by atoms with E-state index in [1.54, 1.807) is 24.0 Å². The SMILES string of the molecule is Cc1nc(-c2nnn(C)c2COc2nccc(O[C@H]3CCOC3)n2)ccc1O[C@@H]1C[C@@H]2CC[C@H](C(=O)O)[C@@H]2C1. The van der Waals surface area contributed by atoms with Crippen molar-refractivity contribution >= 4 is 5.97 Å². The Kier molecular flexibility index (Phi) is 7.03. The summed E-state index contributed by atoms with van der Waals surface area (Å²) in [6.07, 6.45) is 5.82. The summed E-state index contributed by atoms with van der Waals surface area (Å²) in [6, 6.07) is 5.65. The summed E-state index contributed by atoms with van der Waals surface area (Å²) in [4.78, 5) is 24.9. The van der Waals surface area contributed by atoms with Gasteiger partial charge in [-0.05, 0) is 56.6 Å². The van der Waals surface area contributed by atoms with E-state index in [0.717, 1.165) is 43.5 Å². The van der Waals surface area contributed by atoms with Crippen LogP contribution in [0.15, 0.2) is 24.4 Å². The number of carboxylic acid groups (broad SMARTS) is 1. The monoisotopic (exact) mass is 536 g/mol. The molecule has 6 rings (SSSR count). The van der Waals surface area contributed by atoms with Crippen LogP contribution in [-0.2, 0) is 23.2 Å². The number of carbonyl (C=O) groups is 1. The van der Waals surface area contributed by atoms with Crippen LogP contribution in [0.2, 0.25) is 0 Å². The highest BCUT2D eigenvalue weighted by atomic mass is 16.6. The molecule has 0 aromatic carbocycles. The number of pyridine rings is 1. The number of carboxylic acids is 1. The summed E-state index contributed by atoms with van der Waals surface area (Å²) in [5, 5.41) is 18.0. The zero-order valence-corrected chi connectivity index (χ0v) is 22.0. The van der Waals surface area contributed by atoms with Crippen LogP contribution in [0.1, 0.15) is 43.5 Å². The van der Waals surface area contributed by atoms with E-state index in [-0.39, 0.29) is 36.7 Å². The Morgan fingerprint density at radius 2 is 2.03 bits per heavy atom. The predicted molar refractivity (Wildman–Crippen MR) is 136 cm³/mol. The van der Waals surface area contributed by atoms with Gasteiger partial charge in [0.15, 0.2) is 0 Å². The van der Waals surface area contributed by atoms with Crippen LogP contribution in [0.3, 0.4) is 0 Å². The van der Waals surface area contributed by atoms with E-state index in [0.29, 0.717) is 42.1 Å². The fourth-order valence-electron chi connectivity index (χ4n) is 6.03. The second-order valence-corrected chi connectivity index (χ2v) is 10.5. The standard InChI is InChI=1S/C27H32N6O6/c1-15-23(38-18-11-16-3-4-19(26(34)35)20(16)12-18)6-5-21(29-15)25-22(33(2)32-31-25)14-37-27-28-9-7-24(30-27)39-17-8-10-36-13-17/h5-7,9,16-20H,3-4,8,10-14H2,1-2H3,(H,34,35)/t16-,17-,18+,19-,20+/m0/s1. The number of aromatic nitrogens is 6. The molecule has 12 nitrogen and oxygen atoms in total. The van der Waals surface area contributed by atoms with E-state index < -0.39 is 5.97 Å². The lowest BCUT2D eigenvalue weighted by Gasteiger charge is -2.18. The van der Waals surface area contributed by atoms with Gasteiger partial charge in [0.25, 0.3) is 0 Å². The maximum atomic E-state index is 11.6. The Hall–Kier alpha value is -3.80. The number of rotatable bonds is 9. The van der Waals surface area contributed by atoms with Crippen molar-refractivity contribution in [2.75, 3.05) is 13.2 Å². The zero-order valence-electron chi connectivity index (χ0n) is 22.0. The molecule has 5 atom stereocenters. The van der Waals surface area contributed by atoms with E-state index in [1.807, 2.05) is 19.1 Å². The van der Waals surface area contributed by atoms with E-state index >= 15 is 0 Å². The van der Waals surface area contributed by atoms with Crippen LogP contribution in [0.4, 0.5) is 0 Å². The van der Waals surface area contributed by atoms with Gasteiger partial charge in [0, 0.05) is 25.7 Å². The van der Waals surface area contributed by atoms with Crippen molar-refractivity contribution in [1.29, 1.82) is 0 Å². The van der Waals surface area contributed by atoms with E-state index in [4.69, 9.17) is 23.9 Å². The van der Waals surface area contributed by atoms with Crippen LogP contribution in [0.5, 0.6) is 17.6 Å². The van der Waals surface area contributed by atoms with Gasteiger partial charge in [0.1, 0.15) is 29.8 Å². The third kappa shape index (κ3) is 5.38. The Morgan fingerprint density at radius 3 is 2.82 bits per heavy atom. The molecule has 3 aromatic rings. The zero-order chi connectivity index (χ0) is 26.9. The average Bonchev–Trinajstić information content (AvgIpc) is 3.70. The Labute approximate surface area is 225 Å². The van der Waals surface area contributed by atoms with Gasteiger partial charge in [-0.1, -0.05) is 5.21 Å². The third-order valence-corrected chi connectivity index (χ3v) is 8.03. The summed E-state index contributed by atoms with van der Waals surface area (Å²) in [5.41, 5.74) is 2.71. The van der Waals surface area contributed by atoms with Crippen LogP contribution in [0, 0.1) is 24.7 Å². The fraction of sp³-hybridized carbons (Fsp3) is 0.556. The molecule has 0 unspecified atom stereocenters. The summed E-state index contributed by atoms with van der Waals surface area (Å²) in [6.45, 7) is 3.28. The highest BCUT2D eigenvalue weighted by molar-refractivity contribution is 5.71. The van der Waals surface area contributed by atoms with Crippen molar-refractivity contribution in [2.24, 2.45) is 24.8 Å². The second kappa shape index (κ2) is 10.8. The Bertz CT molecular complexity index is 1340. The first-order valence-corrected chi connectivity index (χ1v) is 13.4. The maximum Gasteiger partial charge on any atom is 0.320 e. The molecular formula is C27H32N6O6. The maximum absolute atomic E-state index is 11.6. The number of ether oxygens (including phenoxy) is 4. The van der Waals surface area contributed by atoms with Crippen molar-refractivity contribution < 1.29 is 28.8 Å². The van der Waals surface area contributed by atoms with E-state index in [9.17, 15) is 9.90 Å². The van der Waals surface area contributed by atoms with Gasteiger partial charge in [0.05, 0.1) is 36.6 Å². The predicted octanol–water partition coefficient (Wildman–Crippen LogP) is 2.99. The minimum Gasteiger partial charge on any atom is -0.489 e. The lowest BCUT2D eigenvalue weighted by molar-refractivity contribution is -0.143. The van der Waals surface area contributed by atoms with Gasteiger partial charge in [-0.25, -0.2) is 14.6 Å². The van der Waals surface area contributed by atoms with E-state index in [2.05, 4.69) is 20.3 Å². The molecule has 0 amide bonds. The number of hydrogen-bond acceptors (Lipinski definition) is 10. The van der Waals surface area contributed by atoms with Crippen molar-refractivity contribution in [3.63, 3.8) is 0 Å².